The number of ketones is 1. The molecule has 0 spiro atoms. The zero-order chi connectivity index (χ0) is 31.1. The van der Waals surface area contributed by atoms with E-state index in [1.165, 1.54) is 0 Å². The first kappa shape index (κ1) is 33.2. The van der Waals surface area contributed by atoms with Crippen molar-refractivity contribution in [3.8, 4) is 11.5 Å². The number of carboxylic acids is 1. The Bertz CT molecular complexity index is 1200. The van der Waals surface area contributed by atoms with E-state index in [0.29, 0.717) is 37.0 Å². The normalized spacial score (nSPS) is 19.2. The summed E-state index contributed by atoms with van der Waals surface area (Å²) in [6.07, 6.45) is 9.49. The van der Waals surface area contributed by atoms with Crippen molar-refractivity contribution in [1.82, 2.24) is 5.32 Å². The molecule has 0 fully saturated rings. The van der Waals surface area contributed by atoms with Gasteiger partial charge in [-0.25, -0.2) is 9.59 Å². The minimum Gasteiger partial charge on any atom is -0.493 e. The van der Waals surface area contributed by atoms with Gasteiger partial charge in [0.15, 0.2) is 17.3 Å². The number of carboxylic acid groups (broad SMARTS) is 1. The van der Waals surface area contributed by atoms with Crippen molar-refractivity contribution in [2.24, 2.45) is 17.3 Å². The quantitative estimate of drug-likeness (QED) is 0.222. The van der Waals surface area contributed by atoms with Gasteiger partial charge in [0, 0.05) is 6.54 Å². The van der Waals surface area contributed by atoms with Crippen LogP contribution in [0.1, 0.15) is 97.6 Å². The molecule has 2 atom stereocenters. The predicted molar refractivity (Wildman–Crippen MR) is 164 cm³/mol. The summed E-state index contributed by atoms with van der Waals surface area (Å²) in [5.41, 5.74) is 2.35. The van der Waals surface area contributed by atoms with Crippen LogP contribution in [0, 0.1) is 17.3 Å². The molecule has 8 nitrogen and oxygen atoms in total. The summed E-state index contributed by atoms with van der Waals surface area (Å²) in [6.45, 7) is 13.4. The Morgan fingerprint density at radius 1 is 1.02 bits per heavy atom. The number of rotatable bonds is 10. The van der Waals surface area contributed by atoms with Gasteiger partial charge in [0.25, 0.3) is 0 Å². The summed E-state index contributed by atoms with van der Waals surface area (Å²) in [4.78, 5) is 36.5. The summed E-state index contributed by atoms with van der Waals surface area (Å²) in [6, 6.07) is 4.02. The van der Waals surface area contributed by atoms with Crippen molar-refractivity contribution in [2.45, 2.75) is 98.5 Å². The van der Waals surface area contributed by atoms with E-state index in [9.17, 15) is 19.5 Å². The number of ether oxygens (including phenoxy) is 3. The van der Waals surface area contributed by atoms with Crippen LogP contribution >= 0.6 is 0 Å². The van der Waals surface area contributed by atoms with Crippen LogP contribution < -0.4 is 14.8 Å². The van der Waals surface area contributed by atoms with E-state index in [1.54, 1.807) is 19.3 Å². The van der Waals surface area contributed by atoms with Gasteiger partial charge in [-0.15, -0.1) is 0 Å². The van der Waals surface area contributed by atoms with Gasteiger partial charge >= 0.3 is 12.1 Å². The van der Waals surface area contributed by atoms with Crippen LogP contribution in [0.3, 0.4) is 0 Å². The van der Waals surface area contributed by atoms with Crippen molar-refractivity contribution >= 4 is 23.4 Å². The van der Waals surface area contributed by atoms with Crippen LogP contribution in [0.2, 0.25) is 0 Å². The lowest BCUT2D eigenvalue weighted by molar-refractivity contribution is -0.134. The molecule has 0 heterocycles. The number of carbonyl (C=O) groups excluding carboxylic acids is 2. The lowest BCUT2D eigenvalue weighted by Gasteiger charge is -2.32. The second kappa shape index (κ2) is 14.3. The number of hydrogen-bond acceptors (Lipinski definition) is 6. The molecule has 2 aliphatic carbocycles. The fourth-order valence-electron chi connectivity index (χ4n) is 5.69. The number of aliphatic carboxylic acids is 1. The van der Waals surface area contributed by atoms with Crippen molar-refractivity contribution in [3.63, 3.8) is 0 Å². The Morgan fingerprint density at radius 2 is 1.74 bits per heavy atom. The van der Waals surface area contributed by atoms with Gasteiger partial charge in [-0.3, -0.25) is 4.79 Å². The van der Waals surface area contributed by atoms with Gasteiger partial charge < -0.3 is 24.6 Å². The number of nitrogens with one attached hydrogen (secondary N) is 1. The Labute approximate surface area is 250 Å². The summed E-state index contributed by atoms with van der Waals surface area (Å²) >= 11 is 0. The Balaban J connectivity index is 1.72. The van der Waals surface area contributed by atoms with Crippen LogP contribution in [0.15, 0.2) is 29.9 Å². The molecule has 0 bridgehead atoms. The number of benzene rings is 1. The highest BCUT2D eigenvalue weighted by atomic mass is 16.6. The molecule has 232 valence electrons. The van der Waals surface area contributed by atoms with E-state index in [0.717, 1.165) is 61.6 Å². The van der Waals surface area contributed by atoms with Gasteiger partial charge in [0.2, 0.25) is 0 Å². The molecule has 1 aromatic rings. The third-order valence-electron chi connectivity index (χ3n) is 8.04. The SMILES string of the molecule is COc1cc2c(cc1OCCCCCCNC(=O)OC(C)(C)C)CC(C(C)(C)C)CC1CCC=C(C(=O)O)C(=O)C=C21. The van der Waals surface area contributed by atoms with Crippen molar-refractivity contribution in [1.29, 1.82) is 0 Å². The van der Waals surface area contributed by atoms with Crippen molar-refractivity contribution in [2.75, 3.05) is 20.3 Å². The largest absolute Gasteiger partial charge is 0.493 e. The van der Waals surface area contributed by atoms with E-state index in [1.807, 2.05) is 26.8 Å². The van der Waals surface area contributed by atoms with Crippen LogP contribution in [-0.4, -0.2) is 48.8 Å². The second-order valence-electron chi connectivity index (χ2n) is 13.5. The van der Waals surface area contributed by atoms with Crippen LogP contribution in [0.5, 0.6) is 11.5 Å². The molecular formula is C34H49NO7. The Kier molecular flexibility index (Phi) is 11.3. The minimum absolute atomic E-state index is 0.0560. The fraction of sp³-hybridized carbons (Fsp3) is 0.618. The lowest BCUT2D eigenvalue weighted by Crippen LogP contribution is -2.32. The molecule has 8 heteroatoms. The number of allylic oxidation sites excluding steroid dienone is 3. The molecule has 0 aromatic heterocycles. The number of amides is 1. The molecule has 1 amide bonds. The van der Waals surface area contributed by atoms with E-state index in [2.05, 4.69) is 32.2 Å². The van der Waals surface area contributed by atoms with Crippen LogP contribution in [0.25, 0.3) is 5.57 Å². The summed E-state index contributed by atoms with van der Waals surface area (Å²) in [7, 11) is 1.61. The average Bonchev–Trinajstić information content (AvgIpc) is 3.01. The molecule has 0 radical (unpaired) electrons. The number of alkyl carbamates (subject to hydrolysis) is 1. The summed E-state index contributed by atoms with van der Waals surface area (Å²) in [5.74, 6) is 0.165. The highest BCUT2D eigenvalue weighted by molar-refractivity contribution is 6.23. The molecule has 42 heavy (non-hydrogen) atoms. The lowest BCUT2D eigenvalue weighted by atomic mass is 9.72. The van der Waals surface area contributed by atoms with Crippen LogP contribution in [0.4, 0.5) is 4.79 Å². The molecular weight excluding hydrogens is 534 g/mol. The second-order valence-corrected chi connectivity index (χ2v) is 13.5. The molecule has 0 aliphatic heterocycles. The molecule has 3 rings (SSSR count). The molecule has 2 unspecified atom stereocenters. The zero-order valence-corrected chi connectivity index (χ0v) is 26.4. The zero-order valence-electron chi connectivity index (χ0n) is 26.4. The van der Waals surface area contributed by atoms with Crippen molar-refractivity contribution < 1.29 is 33.7 Å². The van der Waals surface area contributed by atoms with E-state index in [-0.39, 0.29) is 23.0 Å². The number of unbranched alkanes of at least 4 members (excludes halogenated alkanes) is 3. The van der Waals surface area contributed by atoms with Gasteiger partial charge in [-0.2, -0.15) is 0 Å². The monoisotopic (exact) mass is 583 g/mol. The fourth-order valence-corrected chi connectivity index (χ4v) is 5.69. The maximum Gasteiger partial charge on any atom is 0.407 e. The van der Waals surface area contributed by atoms with Crippen molar-refractivity contribution in [3.05, 3.63) is 41.0 Å². The maximum absolute atomic E-state index is 13.0. The minimum atomic E-state index is -1.18. The maximum atomic E-state index is 13.0. The molecule has 0 saturated heterocycles. The van der Waals surface area contributed by atoms with Gasteiger partial charge in [0.1, 0.15) is 11.2 Å². The predicted octanol–water partition coefficient (Wildman–Crippen LogP) is 7.14. The number of hydrogen-bond donors (Lipinski definition) is 2. The molecule has 0 saturated carbocycles. The van der Waals surface area contributed by atoms with Gasteiger partial charge in [-0.1, -0.05) is 39.7 Å². The third kappa shape index (κ3) is 9.36. The third-order valence-corrected chi connectivity index (χ3v) is 8.04. The molecule has 2 aliphatic rings. The first-order valence-electron chi connectivity index (χ1n) is 15.2. The highest BCUT2D eigenvalue weighted by Gasteiger charge is 2.35. The van der Waals surface area contributed by atoms with Crippen LogP contribution in [-0.2, 0) is 20.7 Å². The van der Waals surface area contributed by atoms with E-state index < -0.39 is 17.4 Å². The summed E-state index contributed by atoms with van der Waals surface area (Å²) in [5, 5.41) is 12.4. The van der Waals surface area contributed by atoms with E-state index >= 15 is 0 Å². The average molecular weight is 584 g/mol. The Hall–Kier alpha value is -3.29. The topological polar surface area (TPSA) is 111 Å². The van der Waals surface area contributed by atoms with Gasteiger partial charge in [0.05, 0.1) is 13.7 Å². The van der Waals surface area contributed by atoms with Gasteiger partial charge in [-0.05, 0) is 111 Å². The number of methoxy groups -OCH3 is 1. The highest BCUT2D eigenvalue weighted by Crippen LogP contribution is 2.47. The molecule has 1 aromatic carbocycles. The molecule has 2 N–H and O–H groups in total. The Morgan fingerprint density at radius 3 is 2.38 bits per heavy atom. The van der Waals surface area contributed by atoms with E-state index in [4.69, 9.17) is 14.2 Å². The summed E-state index contributed by atoms with van der Waals surface area (Å²) < 4.78 is 17.2. The number of carbonyl (C=O) groups is 3. The first-order valence-corrected chi connectivity index (χ1v) is 15.2. The smallest absolute Gasteiger partial charge is 0.407 e. The standard InChI is InChI=1S/C34H49NO7/c1-33(2,3)24-17-22-13-12-14-25(31(37)38)28(36)20-26(22)27-21-29(40-7)30(19-23(27)18-24)41-16-11-9-8-10-15-35-32(39)42-34(4,5)6/h14,19-22,24H,8-13,15-18H2,1-7H3,(H,35,39)(H,37,38). The first-order chi connectivity index (χ1) is 19.7. The number of fused-ring (bicyclic) bond motifs is 3.